The van der Waals surface area contributed by atoms with Crippen molar-refractivity contribution in [2.45, 2.75) is 13.0 Å². The van der Waals surface area contributed by atoms with E-state index in [9.17, 15) is 13.2 Å². The van der Waals surface area contributed by atoms with Gasteiger partial charge in [-0.3, -0.25) is 9.13 Å². The lowest BCUT2D eigenvalue weighted by Gasteiger charge is -2.19. The van der Waals surface area contributed by atoms with Crippen LogP contribution in [0.2, 0.25) is 0 Å². The molecule has 0 saturated carbocycles. The van der Waals surface area contributed by atoms with Crippen molar-refractivity contribution in [1.82, 2.24) is 19.1 Å². The quantitative estimate of drug-likeness (QED) is 0.380. The first kappa shape index (κ1) is 23.5. The highest BCUT2D eigenvalue weighted by atomic mass is 32.2. The molecule has 3 heterocycles. The Morgan fingerprint density at radius 3 is 2.47 bits per heavy atom. The fraction of sp³-hybridized carbons (Fsp3) is 0.292. The van der Waals surface area contributed by atoms with Crippen LogP contribution in [-0.2, 0) is 16.9 Å². The number of hydrogen-bond acceptors (Lipinski definition) is 7. The monoisotopic (exact) mass is 482 g/mol. The molecule has 0 aliphatic rings. The minimum Gasteiger partial charge on any atom is -0.491 e. The largest absolute Gasteiger partial charge is 0.491 e. The predicted molar refractivity (Wildman–Crippen MR) is 130 cm³/mol. The maximum Gasteiger partial charge on any atom is 0.330 e. The average Bonchev–Trinajstić information content (AvgIpc) is 3.07. The Kier molecular flexibility index (Phi) is 6.43. The number of nitrogens with zero attached hydrogens (tertiary/aromatic N) is 4. The topological polar surface area (TPSA) is 105 Å². The van der Waals surface area contributed by atoms with Gasteiger partial charge in [-0.2, -0.15) is 0 Å². The summed E-state index contributed by atoms with van der Waals surface area (Å²) in [5.74, 6) is 0.312. The third-order valence-corrected chi connectivity index (χ3v) is 6.42. The van der Waals surface area contributed by atoms with Crippen LogP contribution in [0.5, 0.6) is 11.6 Å². The van der Waals surface area contributed by atoms with Crippen LogP contribution in [0.4, 0.5) is 0 Å². The van der Waals surface area contributed by atoms with E-state index in [1.54, 1.807) is 25.4 Å². The van der Waals surface area contributed by atoms with Crippen molar-refractivity contribution in [3.63, 3.8) is 0 Å². The second-order valence-corrected chi connectivity index (χ2v) is 10.1. The van der Waals surface area contributed by atoms with Gasteiger partial charge in [0.05, 0.1) is 36.7 Å². The zero-order valence-electron chi connectivity index (χ0n) is 19.4. The number of fused-ring (bicyclic) bond motifs is 1. The summed E-state index contributed by atoms with van der Waals surface area (Å²) in [5.41, 5.74) is 2.74. The molecule has 0 amide bonds. The van der Waals surface area contributed by atoms with Crippen LogP contribution in [-0.4, -0.2) is 53.2 Å². The van der Waals surface area contributed by atoms with Crippen molar-refractivity contribution < 1.29 is 17.9 Å². The van der Waals surface area contributed by atoms with Crippen molar-refractivity contribution >= 4 is 21.0 Å². The molecule has 178 valence electrons. The molecule has 4 aromatic rings. The van der Waals surface area contributed by atoms with Crippen molar-refractivity contribution in [2.75, 3.05) is 25.7 Å². The third-order valence-electron chi connectivity index (χ3n) is 5.50. The number of hydrogen-bond donors (Lipinski definition) is 0. The molecule has 0 fully saturated rings. The van der Waals surface area contributed by atoms with E-state index in [2.05, 4.69) is 9.97 Å². The molecule has 0 saturated heterocycles. The van der Waals surface area contributed by atoms with Gasteiger partial charge in [0.25, 0.3) is 5.88 Å². The first-order valence-corrected chi connectivity index (χ1v) is 12.8. The number of pyridine rings is 2. The molecule has 1 atom stereocenters. The van der Waals surface area contributed by atoms with E-state index in [1.807, 2.05) is 43.3 Å². The van der Waals surface area contributed by atoms with Gasteiger partial charge in [0.2, 0.25) is 0 Å². The molecule has 4 rings (SSSR count). The Balaban J connectivity index is 1.93. The van der Waals surface area contributed by atoms with Gasteiger partial charge in [-0.1, -0.05) is 30.3 Å². The maximum atomic E-state index is 13.4. The number of methoxy groups -OCH3 is 1. The number of benzene rings is 1. The summed E-state index contributed by atoms with van der Waals surface area (Å²) < 4.78 is 38.5. The molecule has 3 aromatic heterocycles. The number of aryl methyl sites for hydroxylation is 1. The maximum absolute atomic E-state index is 13.4. The zero-order chi connectivity index (χ0) is 24.5. The molecule has 34 heavy (non-hydrogen) atoms. The first-order chi connectivity index (χ1) is 16.2. The SMILES string of the molecule is CCOc1nc([C@@H](CS(C)(=O)=O)n2c(=O)n(C)c3cc(-c4ccccc4)cnc32)ccc1OC. The molecule has 0 unspecified atom stereocenters. The zero-order valence-corrected chi connectivity index (χ0v) is 20.2. The van der Waals surface area contributed by atoms with Crippen molar-refractivity contribution in [3.8, 4) is 22.8 Å². The van der Waals surface area contributed by atoms with E-state index in [4.69, 9.17) is 9.47 Å². The predicted octanol–water partition coefficient (Wildman–Crippen LogP) is 2.84. The van der Waals surface area contributed by atoms with Crippen LogP contribution in [0.25, 0.3) is 22.3 Å². The number of imidazole rings is 1. The molecule has 9 nitrogen and oxygen atoms in total. The van der Waals surface area contributed by atoms with Crippen molar-refractivity contribution in [1.29, 1.82) is 0 Å². The van der Waals surface area contributed by atoms with E-state index >= 15 is 0 Å². The lowest BCUT2D eigenvalue weighted by atomic mass is 10.1. The number of aromatic nitrogens is 4. The highest BCUT2D eigenvalue weighted by Crippen LogP contribution is 2.30. The Morgan fingerprint density at radius 2 is 1.82 bits per heavy atom. The second-order valence-electron chi connectivity index (χ2n) is 7.93. The Labute approximate surface area is 197 Å². The summed E-state index contributed by atoms with van der Waals surface area (Å²) in [4.78, 5) is 22.5. The van der Waals surface area contributed by atoms with Gasteiger partial charge in [0.15, 0.2) is 11.4 Å². The second kappa shape index (κ2) is 9.30. The molecular formula is C24H26N4O5S. The van der Waals surface area contributed by atoms with Gasteiger partial charge in [-0.25, -0.2) is 23.2 Å². The van der Waals surface area contributed by atoms with Gasteiger partial charge >= 0.3 is 5.69 Å². The van der Waals surface area contributed by atoms with E-state index in [-0.39, 0.29) is 11.6 Å². The Morgan fingerprint density at radius 1 is 1.09 bits per heavy atom. The summed E-state index contributed by atoms with van der Waals surface area (Å²) in [6, 6.07) is 14.0. The van der Waals surface area contributed by atoms with E-state index in [0.717, 1.165) is 17.4 Å². The normalized spacial score (nSPS) is 12.6. The lowest BCUT2D eigenvalue weighted by Crippen LogP contribution is -2.31. The number of sulfone groups is 1. The average molecular weight is 483 g/mol. The van der Waals surface area contributed by atoms with E-state index < -0.39 is 21.6 Å². The Bertz CT molecular complexity index is 1490. The van der Waals surface area contributed by atoms with Crippen molar-refractivity contribution in [3.05, 3.63) is 70.9 Å². The van der Waals surface area contributed by atoms with Crippen molar-refractivity contribution in [2.24, 2.45) is 7.05 Å². The van der Waals surface area contributed by atoms with Gasteiger partial charge in [0, 0.05) is 25.1 Å². The summed E-state index contributed by atoms with van der Waals surface area (Å²) >= 11 is 0. The van der Waals surface area contributed by atoms with Crippen LogP contribution in [0, 0.1) is 0 Å². The number of rotatable bonds is 8. The molecule has 0 spiro atoms. The van der Waals surface area contributed by atoms with Crippen LogP contribution in [0.3, 0.4) is 0 Å². The standard InChI is InChI=1S/C24H26N4O5S/c1-5-33-23-21(32-3)12-11-18(26-23)20(15-34(4,30)31)28-22-19(27(2)24(28)29)13-17(14-25-22)16-9-7-6-8-10-16/h6-14,20H,5,15H2,1-4H3/t20-/m1/s1. The fourth-order valence-corrected chi connectivity index (χ4v) is 4.80. The molecule has 0 N–H and O–H groups in total. The van der Waals surface area contributed by atoms with Gasteiger partial charge in [-0.15, -0.1) is 0 Å². The van der Waals surface area contributed by atoms with Crippen LogP contribution >= 0.6 is 0 Å². The first-order valence-electron chi connectivity index (χ1n) is 10.7. The summed E-state index contributed by atoms with van der Waals surface area (Å²) in [6.07, 6.45) is 2.81. The molecule has 0 radical (unpaired) electrons. The minimum atomic E-state index is -3.50. The molecule has 0 bridgehead atoms. The minimum absolute atomic E-state index is 0.230. The molecular weight excluding hydrogens is 456 g/mol. The fourth-order valence-electron chi connectivity index (χ4n) is 3.90. The van der Waals surface area contributed by atoms with Gasteiger partial charge in [-0.05, 0) is 30.7 Å². The summed E-state index contributed by atoms with van der Waals surface area (Å²) in [6.45, 7) is 2.16. The van der Waals surface area contributed by atoms with Crippen LogP contribution < -0.4 is 15.2 Å². The summed E-state index contributed by atoms with van der Waals surface area (Å²) in [5, 5.41) is 0. The smallest absolute Gasteiger partial charge is 0.330 e. The summed E-state index contributed by atoms with van der Waals surface area (Å²) in [7, 11) is -0.359. The third kappa shape index (κ3) is 4.54. The molecule has 0 aliphatic carbocycles. The molecule has 10 heteroatoms. The highest BCUT2D eigenvalue weighted by molar-refractivity contribution is 7.90. The van der Waals surface area contributed by atoms with Crippen LogP contribution in [0.1, 0.15) is 18.7 Å². The lowest BCUT2D eigenvalue weighted by molar-refractivity contribution is 0.296. The van der Waals surface area contributed by atoms with E-state index in [1.165, 1.54) is 16.2 Å². The van der Waals surface area contributed by atoms with Crippen LogP contribution in [0.15, 0.2) is 59.5 Å². The highest BCUT2D eigenvalue weighted by Gasteiger charge is 2.28. The van der Waals surface area contributed by atoms with Gasteiger partial charge in [0.1, 0.15) is 9.84 Å². The Hall–Kier alpha value is -3.66. The molecule has 1 aromatic carbocycles. The van der Waals surface area contributed by atoms with E-state index in [0.29, 0.717) is 29.2 Å². The van der Waals surface area contributed by atoms with Gasteiger partial charge < -0.3 is 9.47 Å². The molecule has 0 aliphatic heterocycles. The number of ether oxygens (including phenoxy) is 2.